The molecule has 9 heteroatoms. The van der Waals surface area contributed by atoms with E-state index in [2.05, 4.69) is 4.90 Å². The van der Waals surface area contributed by atoms with Crippen molar-refractivity contribution in [3.8, 4) is 5.75 Å². The highest BCUT2D eigenvalue weighted by molar-refractivity contribution is 7.92. The van der Waals surface area contributed by atoms with Gasteiger partial charge in [-0.2, -0.15) is 0 Å². The van der Waals surface area contributed by atoms with Crippen LogP contribution in [0.3, 0.4) is 0 Å². The van der Waals surface area contributed by atoms with Gasteiger partial charge >= 0.3 is 0 Å². The lowest BCUT2D eigenvalue weighted by molar-refractivity contribution is -0.129. The molecule has 1 heterocycles. The van der Waals surface area contributed by atoms with Crippen molar-refractivity contribution in [3.63, 3.8) is 0 Å². The van der Waals surface area contributed by atoms with Gasteiger partial charge in [0.2, 0.25) is 15.9 Å². The summed E-state index contributed by atoms with van der Waals surface area (Å²) >= 11 is 0. The number of ether oxygens (including phenoxy) is 1. The molecule has 1 amide bonds. The lowest BCUT2D eigenvalue weighted by Crippen LogP contribution is -2.52. The Bertz CT molecular complexity index is 958. The van der Waals surface area contributed by atoms with E-state index in [0.717, 1.165) is 22.0 Å². The van der Waals surface area contributed by atoms with Crippen molar-refractivity contribution < 1.29 is 22.3 Å². The van der Waals surface area contributed by atoms with Crippen LogP contribution in [-0.2, 0) is 14.8 Å². The minimum Gasteiger partial charge on any atom is -0.497 e. The number of methoxy groups -OCH3 is 1. The molecule has 0 unspecified atom stereocenters. The molecule has 3 rings (SSSR count). The number of carbonyl (C=O) groups excluding carboxylic acids is 1. The van der Waals surface area contributed by atoms with Gasteiger partial charge in [0.15, 0.2) is 0 Å². The largest absolute Gasteiger partial charge is 0.497 e. The van der Waals surface area contributed by atoms with Crippen molar-refractivity contribution in [1.29, 1.82) is 0 Å². The zero-order chi connectivity index (χ0) is 21.0. The summed E-state index contributed by atoms with van der Waals surface area (Å²) in [6, 6.07) is 13.2. The molecule has 2 aromatic carbocycles. The highest BCUT2D eigenvalue weighted by atomic mass is 32.2. The molecule has 2 aromatic rings. The standard InChI is InChI=1S/C20H24FN3O4S/c1-28-17-9-7-16(8-10-17)22-11-13-23(14-12-22)20(25)15-24(29(2,26)27)19-6-4-3-5-18(19)21/h3-10H,11-15H2,1-2H3. The number of anilines is 2. The fourth-order valence-electron chi connectivity index (χ4n) is 3.27. The van der Waals surface area contributed by atoms with E-state index in [1.54, 1.807) is 12.0 Å². The van der Waals surface area contributed by atoms with E-state index < -0.39 is 22.4 Å². The number of para-hydroxylation sites is 1. The van der Waals surface area contributed by atoms with E-state index in [1.807, 2.05) is 24.3 Å². The minimum atomic E-state index is -3.81. The summed E-state index contributed by atoms with van der Waals surface area (Å²) in [5.74, 6) is -0.264. The van der Waals surface area contributed by atoms with Crippen molar-refractivity contribution in [2.45, 2.75) is 0 Å². The van der Waals surface area contributed by atoms with Gasteiger partial charge in [-0.3, -0.25) is 9.10 Å². The summed E-state index contributed by atoms with van der Waals surface area (Å²) in [6.07, 6.45) is 0.967. The first-order valence-electron chi connectivity index (χ1n) is 9.18. The van der Waals surface area contributed by atoms with E-state index in [4.69, 9.17) is 4.74 Å². The Kier molecular flexibility index (Phi) is 6.26. The molecule has 0 N–H and O–H groups in total. The SMILES string of the molecule is COc1ccc(N2CCN(C(=O)CN(c3ccccc3F)S(C)(=O)=O)CC2)cc1. The maximum absolute atomic E-state index is 14.1. The van der Waals surface area contributed by atoms with Crippen molar-refractivity contribution in [2.24, 2.45) is 0 Å². The van der Waals surface area contributed by atoms with Gasteiger partial charge in [0.05, 0.1) is 19.1 Å². The number of carbonyl (C=O) groups is 1. The Morgan fingerprint density at radius 2 is 1.69 bits per heavy atom. The van der Waals surface area contributed by atoms with Crippen LogP contribution in [-0.4, -0.2) is 65.3 Å². The highest BCUT2D eigenvalue weighted by Gasteiger charge is 2.28. The maximum Gasteiger partial charge on any atom is 0.243 e. The average Bonchev–Trinajstić information content (AvgIpc) is 2.72. The number of sulfonamides is 1. The van der Waals surface area contributed by atoms with Crippen molar-refractivity contribution in [2.75, 3.05) is 55.3 Å². The third-order valence-electron chi connectivity index (χ3n) is 4.87. The molecule has 1 aliphatic rings. The van der Waals surface area contributed by atoms with Crippen LogP contribution in [0.5, 0.6) is 5.75 Å². The van der Waals surface area contributed by atoms with Crippen LogP contribution in [0.15, 0.2) is 48.5 Å². The molecule has 1 fully saturated rings. The summed E-state index contributed by atoms with van der Waals surface area (Å²) in [7, 11) is -2.20. The van der Waals surface area contributed by atoms with E-state index in [1.165, 1.54) is 24.3 Å². The number of piperazine rings is 1. The van der Waals surface area contributed by atoms with Crippen LogP contribution in [0.25, 0.3) is 0 Å². The van der Waals surface area contributed by atoms with Gasteiger partial charge in [-0.05, 0) is 36.4 Å². The van der Waals surface area contributed by atoms with E-state index >= 15 is 0 Å². The molecule has 0 spiro atoms. The highest BCUT2D eigenvalue weighted by Crippen LogP contribution is 2.23. The Hall–Kier alpha value is -2.81. The van der Waals surface area contributed by atoms with Gasteiger partial charge in [0.25, 0.3) is 0 Å². The number of halogens is 1. The molecular formula is C20H24FN3O4S. The zero-order valence-corrected chi connectivity index (χ0v) is 17.2. The molecular weight excluding hydrogens is 397 g/mol. The second kappa shape index (κ2) is 8.69. The van der Waals surface area contributed by atoms with Crippen LogP contribution in [0, 0.1) is 5.82 Å². The van der Waals surface area contributed by atoms with Crippen molar-refractivity contribution in [3.05, 3.63) is 54.3 Å². The summed E-state index contributed by atoms with van der Waals surface area (Å²) in [5, 5.41) is 0. The van der Waals surface area contributed by atoms with Gasteiger partial charge in [0.1, 0.15) is 18.1 Å². The molecule has 0 aliphatic carbocycles. The van der Waals surface area contributed by atoms with Crippen molar-refractivity contribution in [1.82, 2.24) is 4.90 Å². The third-order valence-corrected chi connectivity index (χ3v) is 6.00. The Morgan fingerprint density at radius 1 is 1.07 bits per heavy atom. The summed E-state index contributed by atoms with van der Waals surface area (Å²) in [4.78, 5) is 16.5. The molecule has 0 aromatic heterocycles. The molecule has 0 radical (unpaired) electrons. The van der Waals surface area contributed by atoms with Crippen LogP contribution in [0.2, 0.25) is 0 Å². The number of benzene rings is 2. The average molecular weight is 421 g/mol. The number of rotatable bonds is 6. The Balaban J connectivity index is 1.65. The number of nitrogens with zero attached hydrogens (tertiary/aromatic N) is 3. The smallest absolute Gasteiger partial charge is 0.243 e. The van der Waals surface area contributed by atoms with Gasteiger partial charge in [-0.15, -0.1) is 0 Å². The minimum absolute atomic E-state index is 0.125. The summed E-state index contributed by atoms with van der Waals surface area (Å²) < 4.78 is 44.4. The van der Waals surface area contributed by atoms with Gasteiger partial charge in [-0.25, -0.2) is 12.8 Å². The van der Waals surface area contributed by atoms with E-state index in [9.17, 15) is 17.6 Å². The van der Waals surface area contributed by atoms with Gasteiger partial charge in [-0.1, -0.05) is 12.1 Å². The first-order valence-corrected chi connectivity index (χ1v) is 11.0. The van der Waals surface area contributed by atoms with Gasteiger partial charge in [0, 0.05) is 31.9 Å². The molecule has 156 valence electrons. The molecule has 1 saturated heterocycles. The molecule has 0 atom stereocenters. The topological polar surface area (TPSA) is 70.2 Å². The van der Waals surface area contributed by atoms with Gasteiger partial charge < -0.3 is 14.5 Å². The lowest BCUT2D eigenvalue weighted by Gasteiger charge is -2.37. The first kappa shape index (κ1) is 20.9. The predicted molar refractivity (Wildman–Crippen MR) is 110 cm³/mol. The fourth-order valence-corrected chi connectivity index (χ4v) is 4.12. The van der Waals surface area contributed by atoms with E-state index in [-0.39, 0.29) is 11.6 Å². The Labute approximate surface area is 170 Å². The van der Waals surface area contributed by atoms with Crippen LogP contribution >= 0.6 is 0 Å². The van der Waals surface area contributed by atoms with Crippen LogP contribution in [0.1, 0.15) is 0 Å². The zero-order valence-electron chi connectivity index (χ0n) is 16.4. The number of hydrogen-bond donors (Lipinski definition) is 0. The normalized spacial score (nSPS) is 14.6. The molecule has 7 nitrogen and oxygen atoms in total. The van der Waals surface area contributed by atoms with E-state index in [0.29, 0.717) is 26.2 Å². The molecule has 1 aliphatic heterocycles. The van der Waals surface area contributed by atoms with Crippen LogP contribution in [0.4, 0.5) is 15.8 Å². The van der Waals surface area contributed by atoms with Crippen LogP contribution < -0.4 is 13.9 Å². The fraction of sp³-hybridized carbons (Fsp3) is 0.350. The monoisotopic (exact) mass is 421 g/mol. The second-order valence-corrected chi connectivity index (χ2v) is 8.69. The summed E-state index contributed by atoms with van der Waals surface area (Å²) in [5.41, 5.74) is 0.905. The molecule has 0 bridgehead atoms. The Morgan fingerprint density at radius 3 is 2.24 bits per heavy atom. The lowest BCUT2D eigenvalue weighted by atomic mass is 10.2. The maximum atomic E-state index is 14.1. The summed E-state index contributed by atoms with van der Waals surface area (Å²) in [6.45, 7) is 1.73. The first-order chi connectivity index (χ1) is 13.8. The number of amides is 1. The quantitative estimate of drug-likeness (QED) is 0.713. The second-order valence-electron chi connectivity index (χ2n) is 6.79. The molecule has 0 saturated carbocycles. The predicted octanol–water partition coefficient (Wildman–Crippen LogP) is 1.95. The number of hydrogen-bond acceptors (Lipinski definition) is 5. The third kappa shape index (κ3) is 4.97. The van der Waals surface area contributed by atoms with Crippen molar-refractivity contribution >= 4 is 27.3 Å². The molecule has 29 heavy (non-hydrogen) atoms.